The zero-order chi connectivity index (χ0) is 15.2. The molecule has 1 saturated heterocycles. The zero-order valence-corrected chi connectivity index (χ0v) is 12.4. The molecule has 2 rings (SSSR count). The molecule has 0 radical (unpaired) electrons. The van der Waals surface area contributed by atoms with Crippen molar-refractivity contribution < 1.29 is 19.1 Å². The van der Waals surface area contributed by atoms with Gasteiger partial charge in [0, 0.05) is 0 Å². The Bertz CT molecular complexity index is 486. The minimum atomic E-state index is -0.518. The molecule has 0 unspecified atom stereocenters. The number of hydrogen-bond acceptors (Lipinski definition) is 4. The van der Waals surface area contributed by atoms with E-state index in [-0.39, 0.29) is 31.1 Å². The highest BCUT2D eigenvalue weighted by molar-refractivity contribution is 5.75. The molecule has 0 aromatic heterocycles. The van der Waals surface area contributed by atoms with Crippen LogP contribution in [-0.2, 0) is 20.9 Å². The topological polar surface area (TPSA) is 64.6 Å². The molecule has 1 N–H and O–H groups in total. The SMILES string of the molecule is CC(C)C[C@@H]1OC(=O)C[C@@H]1NC(=O)OCc1ccccc1. The second kappa shape index (κ2) is 7.11. The number of hydrogen-bond donors (Lipinski definition) is 1. The molecule has 0 saturated carbocycles. The summed E-state index contributed by atoms with van der Waals surface area (Å²) in [6.45, 7) is 4.32. The van der Waals surface area contributed by atoms with Crippen LogP contribution in [-0.4, -0.2) is 24.2 Å². The van der Waals surface area contributed by atoms with E-state index in [0.717, 1.165) is 12.0 Å². The van der Waals surface area contributed by atoms with Crippen molar-refractivity contribution >= 4 is 12.1 Å². The van der Waals surface area contributed by atoms with Crippen molar-refractivity contribution in [1.82, 2.24) is 5.32 Å². The lowest BCUT2D eigenvalue weighted by atomic mass is 10.0. The normalized spacial score (nSPS) is 21.2. The Kier molecular flexibility index (Phi) is 5.20. The number of rotatable bonds is 5. The first kappa shape index (κ1) is 15.4. The van der Waals surface area contributed by atoms with Gasteiger partial charge >= 0.3 is 12.1 Å². The average molecular weight is 291 g/mol. The minimum Gasteiger partial charge on any atom is -0.460 e. The molecule has 1 aliphatic heterocycles. The molecule has 1 aromatic carbocycles. The van der Waals surface area contributed by atoms with Gasteiger partial charge in [-0.1, -0.05) is 44.2 Å². The van der Waals surface area contributed by atoms with Gasteiger partial charge in [-0.15, -0.1) is 0 Å². The third-order valence-corrected chi connectivity index (χ3v) is 3.34. The van der Waals surface area contributed by atoms with Crippen LogP contribution in [0.3, 0.4) is 0 Å². The molecule has 1 amide bonds. The number of benzene rings is 1. The molecular formula is C16H21NO4. The maximum absolute atomic E-state index is 11.8. The molecule has 2 atom stereocenters. The number of nitrogens with one attached hydrogen (secondary N) is 1. The van der Waals surface area contributed by atoms with Gasteiger partial charge in [-0.25, -0.2) is 4.79 Å². The highest BCUT2D eigenvalue weighted by atomic mass is 16.6. The van der Waals surface area contributed by atoms with Crippen LogP contribution < -0.4 is 5.32 Å². The summed E-state index contributed by atoms with van der Waals surface area (Å²) in [6, 6.07) is 9.15. The maximum atomic E-state index is 11.8. The van der Waals surface area contributed by atoms with Gasteiger partial charge in [-0.3, -0.25) is 4.79 Å². The third-order valence-electron chi connectivity index (χ3n) is 3.34. The van der Waals surface area contributed by atoms with Gasteiger partial charge in [-0.05, 0) is 17.9 Å². The Balaban J connectivity index is 1.82. The summed E-state index contributed by atoms with van der Waals surface area (Å²) >= 11 is 0. The molecule has 1 aliphatic rings. The third kappa shape index (κ3) is 4.77. The fourth-order valence-corrected chi connectivity index (χ4v) is 2.35. The lowest BCUT2D eigenvalue weighted by molar-refractivity contribution is -0.141. The van der Waals surface area contributed by atoms with Gasteiger partial charge in [0.25, 0.3) is 0 Å². The number of amides is 1. The summed E-state index contributed by atoms with van der Waals surface area (Å²) in [6.07, 6.45) is 0.158. The van der Waals surface area contributed by atoms with Gasteiger partial charge in [0.05, 0.1) is 12.5 Å². The molecule has 1 aromatic rings. The fraction of sp³-hybridized carbons (Fsp3) is 0.500. The first-order valence-electron chi connectivity index (χ1n) is 7.21. The number of esters is 1. The Hall–Kier alpha value is -2.04. The monoisotopic (exact) mass is 291 g/mol. The van der Waals surface area contributed by atoms with E-state index < -0.39 is 6.09 Å². The van der Waals surface area contributed by atoms with Crippen LogP contribution in [0.5, 0.6) is 0 Å². The fourth-order valence-electron chi connectivity index (χ4n) is 2.35. The standard InChI is InChI=1S/C16H21NO4/c1-11(2)8-14-13(9-15(18)21-14)17-16(19)20-10-12-6-4-3-5-7-12/h3-7,11,13-14H,8-10H2,1-2H3,(H,17,19)/t13-,14-/m0/s1. The highest BCUT2D eigenvalue weighted by Gasteiger charge is 2.36. The Labute approximate surface area is 124 Å². The van der Waals surface area contributed by atoms with Crippen molar-refractivity contribution in [2.24, 2.45) is 5.92 Å². The van der Waals surface area contributed by atoms with Crippen LogP contribution in [0.1, 0.15) is 32.3 Å². The van der Waals surface area contributed by atoms with E-state index in [0.29, 0.717) is 5.92 Å². The van der Waals surface area contributed by atoms with E-state index in [1.807, 2.05) is 30.3 Å². The lowest BCUT2D eigenvalue weighted by Crippen LogP contribution is -2.41. The minimum absolute atomic E-state index is 0.206. The largest absolute Gasteiger partial charge is 0.460 e. The summed E-state index contributed by atoms with van der Waals surface area (Å²) in [5, 5.41) is 2.73. The second-order valence-corrected chi connectivity index (χ2v) is 5.67. The summed E-state index contributed by atoms with van der Waals surface area (Å²) in [7, 11) is 0. The van der Waals surface area contributed by atoms with Gasteiger partial charge in [0.1, 0.15) is 12.7 Å². The van der Waals surface area contributed by atoms with E-state index in [9.17, 15) is 9.59 Å². The lowest BCUT2D eigenvalue weighted by Gasteiger charge is -2.20. The van der Waals surface area contributed by atoms with Crippen LogP contribution in [0.2, 0.25) is 0 Å². The number of cyclic esters (lactones) is 1. The quantitative estimate of drug-likeness (QED) is 0.847. The Morgan fingerprint density at radius 2 is 2.10 bits per heavy atom. The van der Waals surface area contributed by atoms with Gasteiger partial charge in [0.2, 0.25) is 0 Å². The number of alkyl carbamates (subject to hydrolysis) is 1. The first-order chi connectivity index (χ1) is 10.0. The van der Waals surface area contributed by atoms with E-state index in [4.69, 9.17) is 9.47 Å². The summed E-state index contributed by atoms with van der Waals surface area (Å²) in [4.78, 5) is 23.2. The van der Waals surface area contributed by atoms with Gasteiger partial charge < -0.3 is 14.8 Å². The van der Waals surface area contributed by atoms with E-state index in [2.05, 4.69) is 19.2 Å². The molecule has 5 heteroatoms. The van der Waals surface area contributed by atoms with E-state index in [1.54, 1.807) is 0 Å². The molecule has 5 nitrogen and oxygen atoms in total. The molecule has 0 spiro atoms. The van der Waals surface area contributed by atoms with Gasteiger partial charge in [-0.2, -0.15) is 0 Å². The molecule has 1 heterocycles. The smallest absolute Gasteiger partial charge is 0.407 e. The first-order valence-corrected chi connectivity index (χ1v) is 7.21. The van der Waals surface area contributed by atoms with E-state index >= 15 is 0 Å². The molecule has 114 valence electrons. The number of carbonyl (C=O) groups excluding carboxylic acids is 2. The molecule has 0 aliphatic carbocycles. The highest BCUT2D eigenvalue weighted by Crippen LogP contribution is 2.21. The van der Waals surface area contributed by atoms with Crippen molar-refractivity contribution in [3.05, 3.63) is 35.9 Å². The van der Waals surface area contributed by atoms with E-state index in [1.165, 1.54) is 0 Å². The van der Waals surface area contributed by atoms with Crippen LogP contribution >= 0.6 is 0 Å². The summed E-state index contributed by atoms with van der Waals surface area (Å²) in [5.41, 5.74) is 0.921. The Morgan fingerprint density at radius 1 is 1.38 bits per heavy atom. The second-order valence-electron chi connectivity index (χ2n) is 5.67. The molecular weight excluding hydrogens is 270 g/mol. The summed E-state index contributed by atoms with van der Waals surface area (Å²) in [5.74, 6) is 0.125. The molecule has 1 fully saturated rings. The predicted octanol–water partition coefficient (Wildman–Crippen LogP) is 2.64. The van der Waals surface area contributed by atoms with Crippen molar-refractivity contribution in [1.29, 1.82) is 0 Å². The predicted molar refractivity (Wildman–Crippen MR) is 77.5 cm³/mol. The van der Waals surface area contributed by atoms with Crippen LogP contribution in [0.4, 0.5) is 4.79 Å². The van der Waals surface area contributed by atoms with Crippen LogP contribution in [0.25, 0.3) is 0 Å². The van der Waals surface area contributed by atoms with Crippen LogP contribution in [0, 0.1) is 5.92 Å². The maximum Gasteiger partial charge on any atom is 0.407 e. The number of ether oxygens (including phenoxy) is 2. The van der Waals surface area contributed by atoms with Crippen LogP contribution in [0.15, 0.2) is 30.3 Å². The zero-order valence-electron chi connectivity index (χ0n) is 12.4. The Morgan fingerprint density at radius 3 is 2.76 bits per heavy atom. The molecule has 0 bridgehead atoms. The van der Waals surface area contributed by atoms with Crippen molar-refractivity contribution in [3.8, 4) is 0 Å². The average Bonchev–Trinajstić information content (AvgIpc) is 2.76. The van der Waals surface area contributed by atoms with Crippen molar-refractivity contribution in [2.75, 3.05) is 0 Å². The summed E-state index contributed by atoms with van der Waals surface area (Å²) < 4.78 is 10.4. The van der Waals surface area contributed by atoms with Crippen molar-refractivity contribution in [3.63, 3.8) is 0 Å². The molecule has 21 heavy (non-hydrogen) atoms. The van der Waals surface area contributed by atoms with Crippen molar-refractivity contribution in [2.45, 2.75) is 45.4 Å². The van der Waals surface area contributed by atoms with Gasteiger partial charge in [0.15, 0.2) is 0 Å². The number of carbonyl (C=O) groups is 2.